The minimum atomic E-state index is -1.09. The fourth-order valence-electron chi connectivity index (χ4n) is 2.04. The molecule has 18 heavy (non-hydrogen) atoms. The number of β-amino-alcohol motifs (C(OH)–C–C–N with tert-alkyl or cyclic N) is 1. The molecule has 1 atom stereocenters. The standard InChI is InChI=1S/C12H16N2O4/c1-18-9-5-10(12(16)17)13-11(6-9)14-4-2-3-8(15)7-14/h5-6,8,15H,2-4,7H2,1H3,(H,16,17). The summed E-state index contributed by atoms with van der Waals surface area (Å²) in [4.78, 5) is 16.9. The SMILES string of the molecule is COc1cc(C(=O)O)nc(N2CCCC(O)C2)c1. The molecule has 0 bridgehead atoms. The van der Waals surface area contributed by atoms with E-state index in [1.54, 1.807) is 6.07 Å². The van der Waals surface area contributed by atoms with Gasteiger partial charge in [-0.15, -0.1) is 0 Å². The molecule has 1 saturated heterocycles. The highest BCUT2D eigenvalue weighted by Gasteiger charge is 2.20. The first-order chi connectivity index (χ1) is 8.60. The van der Waals surface area contributed by atoms with Gasteiger partial charge in [0.1, 0.15) is 11.6 Å². The van der Waals surface area contributed by atoms with Crippen molar-refractivity contribution in [3.8, 4) is 5.75 Å². The Hall–Kier alpha value is -1.82. The van der Waals surface area contributed by atoms with Crippen LogP contribution < -0.4 is 9.64 Å². The Labute approximate surface area is 105 Å². The van der Waals surface area contributed by atoms with E-state index in [9.17, 15) is 9.90 Å². The Morgan fingerprint density at radius 1 is 1.56 bits per heavy atom. The van der Waals surface area contributed by atoms with E-state index in [2.05, 4.69) is 4.98 Å². The van der Waals surface area contributed by atoms with Gasteiger partial charge in [-0.05, 0) is 12.8 Å². The molecule has 1 aromatic rings. The van der Waals surface area contributed by atoms with E-state index in [1.165, 1.54) is 13.2 Å². The maximum Gasteiger partial charge on any atom is 0.354 e. The van der Waals surface area contributed by atoms with Gasteiger partial charge < -0.3 is 19.8 Å². The summed E-state index contributed by atoms with van der Waals surface area (Å²) in [5.41, 5.74) is -0.0515. The maximum atomic E-state index is 11.0. The van der Waals surface area contributed by atoms with Gasteiger partial charge >= 0.3 is 5.97 Å². The largest absolute Gasteiger partial charge is 0.497 e. The summed E-state index contributed by atoms with van der Waals surface area (Å²) in [6.45, 7) is 1.23. The number of aromatic carboxylic acids is 1. The minimum absolute atomic E-state index is 0.0515. The predicted molar refractivity (Wildman–Crippen MR) is 65.2 cm³/mol. The lowest BCUT2D eigenvalue weighted by Gasteiger charge is -2.31. The molecule has 1 unspecified atom stereocenters. The maximum absolute atomic E-state index is 11.0. The van der Waals surface area contributed by atoms with Gasteiger partial charge in [0.25, 0.3) is 0 Å². The van der Waals surface area contributed by atoms with Crippen molar-refractivity contribution in [3.63, 3.8) is 0 Å². The monoisotopic (exact) mass is 252 g/mol. The van der Waals surface area contributed by atoms with Crippen LogP contribution in [0.5, 0.6) is 5.75 Å². The van der Waals surface area contributed by atoms with Crippen molar-refractivity contribution in [1.29, 1.82) is 0 Å². The van der Waals surface area contributed by atoms with Crippen molar-refractivity contribution in [3.05, 3.63) is 17.8 Å². The first-order valence-corrected chi connectivity index (χ1v) is 5.82. The molecule has 0 amide bonds. The molecule has 0 aromatic carbocycles. The summed E-state index contributed by atoms with van der Waals surface area (Å²) in [7, 11) is 1.48. The van der Waals surface area contributed by atoms with Gasteiger partial charge in [-0.3, -0.25) is 0 Å². The summed E-state index contributed by atoms with van der Waals surface area (Å²) in [6, 6.07) is 3.07. The molecule has 0 spiro atoms. The van der Waals surface area contributed by atoms with E-state index in [0.29, 0.717) is 18.1 Å². The van der Waals surface area contributed by atoms with Crippen LogP contribution in [0.15, 0.2) is 12.1 Å². The molecule has 1 aromatic heterocycles. The third kappa shape index (κ3) is 2.70. The van der Waals surface area contributed by atoms with Crippen LogP contribution in [0.4, 0.5) is 5.82 Å². The Kier molecular flexibility index (Phi) is 3.66. The third-order valence-corrected chi connectivity index (χ3v) is 2.96. The number of rotatable bonds is 3. The molecule has 1 aliphatic rings. The van der Waals surface area contributed by atoms with Gasteiger partial charge in [-0.1, -0.05) is 0 Å². The highest BCUT2D eigenvalue weighted by molar-refractivity contribution is 5.86. The topological polar surface area (TPSA) is 82.9 Å². The van der Waals surface area contributed by atoms with E-state index in [-0.39, 0.29) is 11.8 Å². The number of ether oxygens (including phenoxy) is 1. The highest BCUT2D eigenvalue weighted by Crippen LogP contribution is 2.23. The van der Waals surface area contributed by atoms with Crippen molar-refractivity contribution in [2.75, 3.05) is 25.1 Å². The number of hydrogen-bond donors (Lipinski definition) is 2. The highest BCUT2D eigenvalue weighted by atomic mass is 16.5. The number of methoxy groups -OCH3 is 1. The lowest BCUT2D eigenvalue weighted by atomic mass is 10.1. The summed E-state index contributed by atoms with van der Waals surface area (Å²) in [5, 5.41) is 18.6. The molecule has 0 saturated carbocycles. The number of aromatic nitrogens is 1. The van der Waals surface area contributed by atoms with Crippen molar-refractivity contribution in [2.45, 2.75) is 18.9 Å². The van der Waals surface area contributed by atoms with E-state index in [0.717, 1.165) is 19.4 Å². The second kappa shape index (κ2) is 5.22. The molecular weight excluding hydrogens is 236 g/mol. The number of aliphatic hydroxyl groups is 1. The fraction of sp³-hybridized carbons (Fsp3) is 0.500. The molecule has 0 aliphatic carbocycles. The van der Waals surface area contributed by atoms with Crippen LogP contribution in [-0.4, -0.2) is 47.5 Å². The fourth-order valence-corrected chi connectivity index (χ4v) is 2.04. The first kappa shape index (κ1) is 12.6. The van der Waals surface area contributed by atoms with Crippen molar-refractivity contribution in [2.24, 2.45) is 0 Å². The number of carboxylic acids is 1. The van der Waals surface area contributed by atoms with Gasteiger partial charge in [0.2, 0.25) is 0 Å². The second-order valence-corrected chi connectivity index (χ2v) is 4.30. The zero-order valence-electron chi connectivity index (χ0n) is 10.2. The molecule has 2 N–H and O–H groups in total. The van der Waals surface area contributed by atoms with Crippen LogP contribution in [0.2, 0.25) is 0 Å². The van der Waals surface area contributed by atoms with Crippen LogP contribution in [0.3, 0.4) is 0 Å². The quantitative estimate of drug-likeness (QED) is 0.826. The van der Waals surface area contributed by atoms with Crippen LogP contribution in [-0.2, 0) is 0 Å². The van der Waals surface area contributed by atoms with E-state index < -0.39 is 5.97 Å². The Balaban J connectivity index is 2.31. The van der Waals surface area contributed by atoms with Crippen LogP contribution in [0.1, 0.15) is 23.3 Å². The number of carboxylic acid groups (broad SMARTS) is 1. The minimum Gasteiger partial charge on any atom is -0.497 e. The number of anilines is 1. The number of pyridine rings is 1. The van der Waals surface area contributed by atoms with Crippen molar-refractivity contribution >= 4 is 11.8 Å². The third-order valence-electron chi connectivity index (χ3n) is 2.96. The van der Waals surface area contributed by atoms with Gasteiger partial charge in [0.15, 0.2) is 5.69 Å². The zero-order valence-corrected chi connectivity index (χ0v) is 10.2. The van der Waals surface area contributed by atoms with E-state index in [4.69, 9.17) is 9.84 Å². The predicted octanol–water partition coefficient (Wildman–Crippen LogP) is 0.749. The molecular formula is C12H16N2O4. The zero-order chi connectivity index (χ0) is 13.1. The van der Waals surface area contributed by atoms with E-state index in [1.807, 2.05) is 4.90 Å². The lowest BCUT2D eigenvalue weighted by Crippen LogP contribution is -2.38. The molecule has 6 heteroatoms. The lowest BCUT2D eigenvalue weighted by molar-refractivity contribution is 0.0690. The molecule has 2 heterocycles. The summed E-state index contributed by atoms with van der Waals surface area (Å²) < 4.78 is 5.07. The van der Waals surface area contributed by atoms with Gasteiger partial charge in [-0.25, -0.2) is 9.78 Å². The molecule has 0 radical (unpaired) electrons. The summed E-state index contributed by atoms with van der Waals surface area (Å²) in [5.74, 6) is -0.101. The number of carbonyl (C=O) groups is 1. The average Bonchev–Trinajstić information content (AvgIpc) is 2.38. The Morgan fingerprint density at radius 2 is 2.33 bits per heavy atom. The van der Waals surface area contributed by atoms with Gasteiger partial charge in [-0.2, -0.15) is 0 Å². The number of aliphatic hydroxyl groups excluding tert-OH is 1. The average molecular weight is 252 g/mol. The smallest absolute Gasteiger partial charge is 0.354 e. The summed E-state index contributed by atoms with van der Waals surface area (Å²) in [6.07, 6.45) is 1.24. The number of hydrogen-bond acceptors (Lipinski definition) is 5. The van der Waals surface area contributed by atoms with Crippen LogP contribution in [0.25, 0.3) is 0 Å². The first-order valence-electron chi connectivity index (χ1n) is 5.82. The van der Waals surface area contributed by atoms with Crippen LogP contribution in [0, 0.1) is 0 Å². The Morgan fingerprint density at radius 3 is 2.94 bits per heavy atom. The van der Waals surface area contributed by atoms with Crippen molar-refractivity contribution < 1.29 is 19.7 Å². The molecule has 98 valence electrons. The normalized spacial score (nSPS) is 19.7. The molecule has 2 rings (SSSR count). The molecule has 6 nitrogen and oxygen atoms in total. The van der Waals surface area contributed by atoms with Gasteiger partial charge in [0.05, 0.1) is 13.2 Å². The summed E-state index contributed by atoms with van der Waals surface area (Å²) >= 11 is 0. The molecule has 1 aliphatic heterocycles. The number of nitrogens with zero attached hydrogens (tertiary/aromatic N) is 2. The van der Waals surface area contributed by atoms with Gasteiger partial charge in [0, 0.05) is 25.2 Å². The number of piperidine rings is 1. The van der Waals surface area contributed by atoms with Crippen LogP contribution >= 0.6 is 0 Å². The molecule has 1 fully saturated rings. The van der Waals surface area contributed by atoms with E-state index >= 15 is 0 Å². The Bertz CT molecular complexity index is 450. The second-order valence-electron chi connectivity index (χ2n) is 4.30. The van der Waals surface area contributed by atoms with Crippen molar-refractivity contribution in [1.82, 2.24) is 4.98 Å².